The third-order valence-electron chi connectivity index (χ3n) is 2.38. The van der Waals surface area contributed by atoms with Crippen LogP contribution < -0.4 is 5.43 Å². The van der Waals surface area contributed by atoms with Crippen LogP contribution in [0.25, 0.3) is 0 Å². The number of aromatic nitrogens is 3. The normalized spacial score (nSPS) is 20.8. The van der Waals surface area contributed by atoms with E-state index in [0.717, 1.165) is 4.68 Å². The number of nitrogens with zero attached hydrogens (tertiary/aromatic N) is 3. The Balaban J connectivity index is 2.32. The molecule has 1 aromatic rings. The summed E-state index contributed by atoms with van der Waals surface area (Å²) >= 11 is 1.29. The van der Waals surface area contributed by atoms with Crippen LogP contribution in [0.15, 0.2) is 5.16 Å². The van der Waals surface area contributed by atoms with Crippen LogP contribution in [0.4, 0.5) is 13.2 Å². The highest BCUT2D eigenvalue weighted by Gasteiger charge is 2.40. The van der Waals surface area contributed by atoms with Gasteiger partial charge in [0.1, 0.15) is 0 Å². The molecule has 90 valence electrons. The van der Waals surface area contributed by atoms with Crippen molar-refractivity contribution in [1.82, 2.24) is 14.9 Å². The monoisotopic (exact) mass is 252 g/mol. The fourth-order valence-electron chi connectivity index (χ4n) is 1.37. The average Bonchev–Trinajstić information content (AvgIpc) is 2.58. The molecule has 16 heavy (non-hydrogen) atoms. The summed E-state index contributed by atoms with van der Waals surface area (Å²) in [5, 5.41) is 6.95. The molecule has 0 bridgehead atoms. The summed E-state index contributed by atoms with van der Waals surface area (Å²) in [4.78, 5) is 0. The lowest BCUT2D eigenvalue weighted by Gasteiger charge is -2.28. The minimum atomic E-state index is -4.47. The summed E-state index contributed by atoms with van der Waals surface area (Å²) in [6.45, 7) is 3.92. The Morgan fingerprint density at radius 2 is 2.12 bits per heavy atom. The number of hydrogen-bond acceptors (Lipinski definition) is 4. The molecule has 0 aliphatic carbocycles. The molecule has 0 aromatic carbocycles. The molecule has 0 amide bonds. The summed E-state index contributed by atoms with van der Waals surface area (Å²) in [6, 6.07) is -0.00500. The lowest BCUT2D eigenvalue weighted by molar-refractivity contribution is -0.147. The van der Waals surface area contributed by atoms with Gasteiger partial charge in [-0.15, -0.1) is 10.2 Å². The first-order chi connectivity index (χ1) is 7.39. The van der Waals surface area contributed by atoms with Crippen molar-refractivity contribution in [2.75, 3.05) is 11.2 Å². The van der Waals surface area contributed by atoms with Crippen LogP contribution in [0.3, 0.4) is 0 Å². The lowest BCUT2D eigenvalue weighted by atomic mass is 10.1. The maximum atomic E-state index is 12.6. The summed E-state index contributed by atoms with van der Waals surface area (Å²) in [5.74, 6) is -0.0299. The molecule has 4 nitrogen and oxygen atoms in total. The summed E-state index contributed by atoms with van der Waals surface area (Å²) in [5.41, 5.74) is 2.80. The Bertz CT molecular complexity index is 387. The topological polar surface area (TPSA) is 42.7 Å². The van der Waals surface area contributed by atoms with Gasteiger partial charge in [-0.3, -0.25) is 0 Å². The minimum absolute atomic E-state index is 0.00500. The van der Waals surface area contributed by atoms with Gasteiger partial charge in [0.2, 0.25) is 5.16 Å². The Morgan fingerprint density at radius 3 is 2.69 bits per heavy atom. The molecule has 1 aliphatic rings. The molecule has 0 fully saturated rings. The molecule has 1 N–H and O–H groups in total. The second kappa shape index (κ2) is 3.83. The van der Waals surface area contributed by atoms with Gasteiger partial charge < -0.3 is 5.43 Å². The van der Waals surface area contributed by atoms with Gasteiger partial charge in [0.25, 0.3) is 5.82 Å². The Hall–Kier alpha value is -0.920. The van der Waals surface area contributed by atoms with Gasteiger partial charge in [0.15, 0.2) is 0 Å². The molecule has 0 saturated heterocycles. The van der Waals surface area contributed by atoms with Crippen molar-refractivity contribution in [2.24, 2.45) is 5.92 Å². The molecule has 1 aliphatic heterocycles. The van der Waals surface area contributed by atoms with Gasteiger partial charge in [0.05, 0.1) is 6.04 Å². The number of halogens is 3. The highest BCUT2D eigenvalue weighted by Crippen LogP contribution is 2.32. The molecule has 2 rings (SSSR count). The quantitative estimate of drug-likeness (QED) is 0.829. The second-order valence-corrected chi connectivity index (χ2v) is 4.92. The van der Waals surface area contributed by atoms with Crippen molar-refractivity contribution in [2.45, 2.75) is 31.2 Å². The van der Waals surface area contributed by atoms with Crippen molar-refractivity contribution in [3.63, 3.8) is 0 Å². The van der Waals surface area contributed by atoms with E-state index in [9.17, 15) is 13.2 Å². The number of thioether (sulfide) groups is 1. The van der Waals surface area contributed by atoms with E-state index in [1.54, 1.807) is 0 Å². The molecule has 1 aromatic heterocycles. The highest BCUT2D eigenvalue weighted by atomic mass is 32.2. The molecule has 2 heterocycles. The third-order valence-corrected chi connectivity index (χ3v) is 3.43. The number of alkyl halides is 3. The van der Waals surface area contributed by atoms with E-state index in [2.05, 4.69) is 15.6 Å². The van der Waals surface area contributed by atoms with Crippen molar-refractivity contribution >= 4 is 11.8 Å². The lowest BCUT2D eigenvalue weighted by Crippen LogP contribution is -2.40. The zero-order valence-corrected chi connectivity index (χ0v) is 9.56. The first kappa shape index (κ1) is 11.6. The average molecular weight is 252 g/mol. The molecule has 8 heteroatoms. The highest BCUT2D eigenvalue weighted by molar-refractivity contribution is 7.99. The third kappa shape index (κ3) is 1.98. The van der Waals surface area contributed by atoms with E-state index < -0.39 is 12.0 Å². The zero-order chi connectivity index (χ0) is 11.9. The molecular formula is C8H11F3N4S. The van der Waals surface area contributed by atoms with Gasteiger partial charge in [-0.25, -0.2) is 4.68 Å². The molecular weight excluding hydrogens is 241 g/mol. The van der Waals surface area contributed by atoms with Gasteiger partial charge in [0, 0.05) is 5.75 Å². The predicted molar refractivity (Wildman–Crippen MR) is 53.7 cm³/mol. The van der Waals surface area contributed by atoms with Crippen LogP contribution in [0.2, 0.25) is 0 Å². The molecule has 0 spiro atoms. The van der Waals surface area contributed by atoms with Crippen molar-refractivity contribution in [3.05, 3.63) is 5.82 Å². The van der Waals surface area contributed by atoms with Crippen molar-refractivity contribution < 1.29 is 13.2 Å². The van der Waals surface area contributed by atoms with Crippen LogP contribution in [-0.4, -0.2) is 26.7 Å². The largest absolute Gasteiger partial charge is 0.453 e. The first-order valence-electron chi connectivity index (χ1n) is 4.81. The molecule has 1 unspecified atom stereocenters. The number of hydrogen-bond donors (Lipinski definition) is 1. The zero-order valence-electron chi connectivity index (χ0n) is 8.75. The van der Waals surface area contributed by atoms with E-state index in [1.807, 2.05) is 13.8 Å². The summed E-state index contributed by atoms with van der Waals surface area (Å²) in [7, 11) is 0. The number of fused-ring (bicyclic) bond motifs is 1. The van der Waals surface area contributed by atoms with E-state index >= 15 is 0 Å². The molecule has 1 atom stereocenters. The van der Waals surface area contributed by atoms with E-state index in [1.165, 1.54) is 11.8 Å². The van der Waals surface area contributed by atoms with E-state index in [-0.39, 0.29) is 17.1 Å². The maximum Gasteiger partial charge on any atom is 0.453 e. The fraction of sp³-hybridized carbons (Fsp3) is 0.750. The number of nitrogens with one attached hydrogen (secondary N) is 1. The Kier molecular flexibility index (Phi) is 2.77. The summed E-state index contributed by atoms with van der Waals surface area (Å²) in [6.07, 6.45) is -4.47. The Labute approximate surface area is 94.6 Å². The Morgan fingerprint density at radius 1 is 1.44 bits per heavy atom. The number of rotatable bonds is 1. The van der Waals surface area contributed by atoms with Gasteiger partial charge in [-0.05, 0) is 5.92 Å². The minimum Gasteiger partial charge on any atom is -0.318 e. The SMILES string of the molecule is CC(C)C1CSc2nnc(C(F)(F)F)n2N1. The smallest absolute Gasteiger partial charge is 0.318 e. The van der Waals surface area contributed by atoms with Crippen LogP contribution in [0, 0.1) is 5.92 Å². The van der Waals surface area contributed by atoms with Gasteiger partial charge >= 0.3 is 6.18 Å². The van der Waals surface area contributed by atoms with Crippen molar-refractivity contribution in [3.8, 4) is 0 Å². The second-order valence-electron chi connectivity index (χ2n) is 3.93. The van der Waals surface area contributed by atoms with E-state index in [4.69, 9.17) is 0 Å². The standard InChI is InChI=1S/C8H11F3N4S/c1-4(2)5-3-16-7-13-12-6(8(9,10)11)15(7)14-5/h4-5,14H,3H2,1-2H3. The van der Waals surface area contributed by atoms with Crippen LogP contribution in [0.5, 0.6) is 0 Å². The fourth-order valence-corrected chi connectivity index (χ4v) is 2.53. The van der Waals surface area contributed by atoms with E-state index in [0.29, 0.717) is 5.75 Å². The molecule has 0 radical (unpaired) electrons. The summed E-state index contributed by atoms with van der Waals surface area (Å²) < 4.78 is 38.6. The maximum absolute atomic E-state index is 12.6. The first-order valence-corrected chi connectivity index (χ1v) is 5.80. The van der Waals surface area contributed by atoms with Crippen molar-refractivity contribution in [1.29, 1.82) is 0 Å². The predicted octanol–water partition coefficient (Wildman–Crippen LogP) is 1.97. The molecule has 0 saturated carbocycles. The van der Waals surface area contributed by atoms with Gasteiger partial charge in [-0.2, -0.15) is 13.2 Å². The van der Waals surface area contributed by atoms with Crippen LogP contribution in [-0.2, 0) is 6.18 Å². The van der Waals surface area contributed by atoms with Crippen LogP contribution in [0.1, 0.15) is 19.7 Å². The van der Waals surface area contributed by atoms with Gasteiger partial charge in [-0.1, -0.05) is 25.6 Å². The van der Waals surface area contributed by atoms with Crippen LogP contribution >= 0.6 is 11.8 Å².